The van der Waals surface area contributed by atoms with Crippen LogP contribution in [-0.4, -0.2) is 52.3 Å². The third-order valence-corrected chi connectivity index (χ3v) is 3.04. The second-order valence-corrected chi connectivity index (χ2v) is 4.15. The fraction of sp³-hybridized carbons (Fsp3) is 0.800. The van der Waals surface area contributed by atoms with Crippen LogP contribution >= 0.6 is 0 Å². The summed E-state index contributed by atoms with van der Waals surface area (Å²) in [6.45, 7) is 0.920. The molecule has 0 aromatic carbocycles. The second kappa shape index (κ2) is 6.53. The molecule has 0 spiro atoms. The van der Waals surface area contributed by atoms with Crippen LogP contribution in [0.1, 0.15) is 25.7 Å². The maximum absolute atomic E-state index is 11.9. The highest BCUT2D eigenvalue weighted by molar-refractivity contribution is 5.92. The summed E-state index contributed by atoms with van der Waals surface area (Å²) >= 11 is 0. The maximum Gasteiger partial charge on any atom is 0.407 e. The van der Waals surface area contributed by atoms with Gasteiger partial charge in [0.05, 0.1) is 12.1 Å². The Balaban J connectivity index is 2.45. The lowest BCUT2D eigenvalue weighted by Gasteiger charge is -2.38. The highest BCUT2D eigenvalue weighted by atomic mass is 16.5. The van der Waals surface area contributed by atoms with Crippen LogP contribution in [0.5, 0.6) is 0 Å². The molecule has 7 heteroatoms. The van der Waals surface area contributed by atoms with Crippen molar-refractivity contribution in [3.05, 3.63) is 0 Å². The van der Waals surface area contributed by atoms with Gasteiger partial charge in [-0.1, -0.05) is 6.42 Å². The summed E-state index contributed by atoms with van der Waals surface area (Å²) in [5.74, 6) is -0.266. The Morgan fingerprint density at radius 2 is 2.18 bits per heavy atom. The fourth-order valence-electron chi connectivity index (χ4n) is 1.91. The van der Waals surface area contributed by atoms with Gasteiger partial charge >= 0.3 is 6.09 Å². The van der Waals surface area contributed by atoms with E-state index in [1.807, 2.05) is 5.48 Å². The average molecular weight is 245 g/mol. The van der Waals surface area contributed by atoms with Crippen LogP contribution in [0.15, 0.2) is 0 Å². The summed E-state index contributed by atoms with van der Waals surface area (Å²) in [5.41, 5.74) is 7.30. The molecule has 0 aromatic heterocycles. The lowest BCUT2D eigenvalue weighted by Crippen LogP contribution is -2.58. The van der Waals surface area contributed by atoms with E-state index in [-0.39, 0.29) is 5.78 Å². The fourth-order valence-corrected chi connectivity index (χ4v) is 1.91. The lowest BCUT2D eigenvalue weighted by molar-refractivity contribution is -0.132. The van der Waals surface area contributed by atoms with E-state index in [0.29, 0.717) is 25.9 Å². The molecule has 1 aliphatic rings. The van der Waals surface area contributed by atoms with Crippen LogP contribution in [0, 0.1) is 0 Å². The van der Waals surface area contributed by atoms with Crippen molar-refractivity contribution in [2.24, 2.45) is 5.73 Å². The van der Waals surface area contributed by atoms with Crippen molar-refractivity contribution >= 4 is 11.9 Å². The molecule has 17 heavy (non-hydrogen) atoms. The van der Waals surface area contributed by atoms with Gasteiger partial charge in [-0.05, 0) is 25.8 Å². The molecule has 0 bridgehead atoms. The Hall–Kier alpha value is -1.18. The topological polar surface area (TPSA) is 116 Å². The molecule has 1 rings (SSSR count). The number of Topliss-reactive ketones (excluding diaryl/α,β-unsaturated/α-hetero) is 1. The number of carbonyl (C=O) groups excluding carboxylic acids is 1. The molecule has 1 amide bonds. The molecule has 7 nitrogen and oxygen atoms in total. The van der Waals surface area contributed by atoms with Crippen LogP contribution in [0.25, 0.3) is 0 Å². The molecular weight excluding hydrogens is 226 g/mol. The van der Waals surface area contributed by atoms with E-state index in [1.165, 1.54) is 0 Å². The Morgan fingerprint density at radius 3 is 2.59 bits per heavy atom. The number of unbranched alkanes of at least 4 members (excludes halogenated alkanes) is 1. The number of hydrogen-bond acceptors (Lipinski definition) is 5. The number of ketones is 1. The molecule has 0 aliphatic carbocycles. The Kier molecular flexibility index (Phi) is 5.33. The van der Waals surface area contributed by atoms with E-state index in [4.69, 9.17) is 16.0 Å². The van der Waals surface area contributed by atoms with E-state index in [0.717, 1.165) is 17.7 Å². The van der Waals surface area contributed by atoms with Crippen LogP contribution in [0.2, 0.25) is 0 Å². The molecule has 2 unspecified atom stereocenters. The minimum atomic E-state index is -1.09. The molecule has 1 fully saturated rings. The third kappa shape index (κ3) is 3.39. The second-order valence-electron chi connectivity index (χ2n) is 4.15. The maximum atomic E-state index is 11.9. The van der Waals surface area contributed by atoms with E-state index < -0.39 is 18.2 Å². The number of nitrogens with one attached hydrogen (secondary N) is 1. The zero-order valence-corrected chi connectivity index (χ0v) is 9.63. The minimum Gasteiger partial charge on any atom is -0.465 e. The molecule has 1 saturated heterocycles. The van der Waals surface area contributed by atoms with Gasteiger partial charge < -0.3 is 16.0 Å². The Morgan fingerprint density at radius 1 is 1.47 bits per heavy atom. The van der Waals surface area contributed by atoms with Gasteiger partial charge in [0.1, 0.15) is 0 Å². The summed E-state index contributed by atoms with van der Waals surface area (Å²) in [6.07, 6.45) is 1.41. The molecule has 1 heterocycles. The molecule has 98 valence electrons. The van der Waals surface area contributed by atoms with Gasteiger partial charge in [-0.2, -0.15) is 5.48 Å². The molecule has 0 aromatic rings. The minimum absolute atomic E-state index is 0.266. The number of nitrogens with two attached hydrogens (primary N) is 1. The van der Waals surface area contributed by atoms with E-state index in [9.17, 15) is 9.59 Å². The first-order valence-electron chi connectivity index (χ1n) is 5.74. The van der Waals surface area contributed by atoms with Crippen LogP contribution < -0.4 is 11.2 Å². The summed E-state index contributed by atoms with van der Waals surface area (Å²) in [6, 6.07) is -1.32. The van der Waals surface area contributed by atoms with Crippen molar-refractivity contribution in [1.29, 1.82) is 0 Å². The summed E-state index contributed by atoms with van der Waals surface area (Å²) in [5, 5.41) is 17.7. The molecule has 1 aliphatic heterocycles. The zero-order chi connectivity index (χ0) is 12.8. The van der Waals surface area contributed by atoms with E-state index in [1.54, 1.807) is 0 Å². The van der Waals surface area contributed by atoms with Crippen molar-refractivity contribution in [2.75, 3.05) is 13.1 Å². The standard InChI is InChI=1S/C10H19N3O4/c11-5-2-1-3-7(12-17)9(14)8-4-6-13(8)10(15)16/h7-8,12,17H,1-6,11H2,(H,15,16). The monoisotopic (exact) mass is 245 g/mol. The Bertz CT molecular complexity index is 285. The quantitative estimate of drug-likeness (QED) is 0.364. The number of carbonyl (C=O) groups is 2. The SMILES string of the molecule is NCCCCC(NO)C(=O)C1CCN1C(=O)O. The normalized spacial score (nSPS) is 20.8. The van der Waals surface area contributed by atoms with Crippen molar-refractivity contribution < 1.29 is 19.9 Å². The highest BCUT2D eigenvalue weighted by Gasteiger charge is 2.40. The number of carboxylic acid groups (broad SMARTS) is 1. The summed E-state index contributed by atoms with van der Waals surface area (Å²) in [4.78, 5) is 23.7. The van der Waals surface area contributed by atoms with E-state index >= 15 is 0 Å². The summed E-state index contributed by atoms with van der Waals surface area (Å²) < 4.78 is 0. The van der Waals surface area contributed by atoms with Crippen molar-refractivity contribution in [2.45, 2.75) is 37.8 Å². The molecular formula is C10H19N3O4. The predicted octanol–water partition coefficient (Wildman–Crippen LogP) is -0.216. The van der Waals surface area contributed by atoms with Gasteiger partial charge in [0.2, 0.25) is 0 Å². The number of likely N-dealkylation sites (tertiary alicyclic amines) is 1. The number of hydroxylamine groups is 1. The van der Waals surface area contributed by atoms with Crippen molar-refractivity contribution in [1.82, 2.24) is 10.4 Å². The average Bonchev–Trinajstić information content (AvgIpc) is 2.21. The van der Waals surface area contributed by atoms with Gasteiger partial charge in [-0.3, -0.25) is 9.69 Å². The zero-order valence-electron chi connectivity index (χ0n) is 9.63. The Labute approximate surface area is 99.5 Å². The highest BCUT2D eigenvalue weighted by Crippen LogP contribution is 2.20. The predicted molar refractivity (Wildman–Crippen MR) is 59.8 cm³/mol. The van der Waals surface area contributed by atoms with Gasteiger partial charge in [0.15, 0.2) is 5.78 Å². The van der Waals surface area contributed by atoms with Gasteiger partial charge in [0.25, 0.3) is 0 Å². The van der Waals surface area contributed by atoms with Crippen molar-refractivity contribution in [3.8, 4) is 0 Å². The van der Waals surface area contributed by atoms with Crippen molar-refractivity contribution in [3.63, 3.8) is 0 Å². The van der Waals surface area contributed by atoms with Crippen LogP contribution in [-0.2, 0) is 4.79 Å². The number of hydrogen-bond donors (Lipinski definition) is 4. The molecule has 2 atom stereocenters. The van der Waals surface area contributed by atoms with E-state index in [2.05, 4.69) is 0 Å². The van der Waals surface area contributed by atoms with Crippen LogP contribution in [0.3, 0.4) is 0 Å². The first kappa shape index (κ1) is 13.9. The third-order valence-electron chi connectivity index (χ3n) is 3.04. The smallest absolute Gasteiger partial charge is 0.407 e. The number of amides is 1. The summed E-state index contributed by atoms with van der Waals surface area (Å²) in [7, 11) is 0. The largest absolute Gasteiger partial charge is 0.465 e. The van der Waals surface area contributed by atoms with Crippen LogP contribution in [0.4, 0.5) is 4.79 Å². The van der Waals surface area contributed by atoms with Gasteiger partial charge in [-0.25, -0.2) is 4.79 Å². The van der Waals surface area contributed by atoms with Gasteiger partial charge in [0, 0.05) is 6.54 Å². The number of rotatable bonds is 7. The first-order valence-corrected chi connectivity index (χ1v) is 5.74. The number of nitrogens with zero attached hydrogens (tertiary/aromatic N) is 1. The van der Waals surface area contributed by atoms with Gasteiger partial charge in [-0.15, -0.1) is 0 Å². The molecule has 0 saturated carbocycles. The lowest BCUT2D eigenvalue weighted by atomic mass is 9.92. The first-order chi connectivity index (χ1) is 8.11. The molecule has 0 radical (unpaired) electrons. The molecule has 5 N–H and O–H groups in total.